The molecule has 0 bridgehead atoms. The molecule has 92 valence electrons. The van der Waals surface area contributed by atoms with Gasteiger partial charge in [0.1, 0.15) is 0 Å². The molecule has 2 rings (SSSR count). The zero-order valence-electron chi connectivity index (χ0n) is 9.93. The van der Waals surface area contributed by atoms with Crippen molar-refractivity contribution in [1.82, 2.24) is 0 Å². The van der Waals surface area contributed by atoms with Crippen molar-refractivity contribution in [2.45, 2.75) is 12.8 Å². The second-order valence-electron chi connectivity index (χ2n) is 4.03. The quantitative estimate of drug-likeness (QED) is 0.450. The highest BCUT2D eigenvalue weighted by molar-refractivity contribution is 6.44. The summed E-state index contributed by atoms with van der Waals surface area (Å²) in [5.74, 6) is -1.18. The van der Waals surface area contributed by atoms with Gasteiger partial charge in [-0.05, 0) is 23.6 Å². The van der Waals surface area contributed by atoms with Gasteiger partial charge in [-0.25, -0.2) is 4.79 Å². The molecule has 0 saturated carbocycles. The molecule has 0 fully saturated rings. The average molecular weight is 244 g/mol. The lowest BCUT2D eigenvalue weighted by Gasteiger charge is -2.13. The van der Waals surface area contributed by atoms with Crippen molar-refractivity contribution in [3.05, 3.63) is 41.0 Å². The summed E-state index contributed by atoms with van der Waals surface area (Å²) in [5.41, 5.74) is 2.13. The molecule has 1 aliphatic carbocycles. The summed E-state index contributed by atoms with van der Waals surface area (Å²) in [6.07, 6.45) is 3.76. The van der Waals surface area contributed by atoms with Crippen LogP contribution in [-0.2, 0) is 20.7 Å². The van der Waals surface area contributed by atoms with Crippen LogP contribution in [0.4, 0.5) is 0 Å². The molecule has 0 spiro atoms. The molecule has 1 aromatic rings. The number of ketones is 2. The highest BCUT2D eigenvalue weighted by Gasteiger charge is 2.24. The lowest BCUT2D eigenvalue weighted by molar-refractivity contribution is -0.134. The molecule has 0 N–H and O–H groups in total. The van der Waals surface area contributed by atoms with E-state index in [0.29, 0.717) is 12.0 Å². The molecule has 18 heavy (non-hydrogen) atoms. The van der Waals surface area contributed by atoms with Crippen LogP contribution < -0.4 is 0 Å². The van der Waals surface area contributed by atoms with Crippen molar-refractivity contribution in [3.63, 3.8) is 0 Å². The summed E-state index contributed by atoms with van der Waals surface area (Å²) in [7, 11) is 1.31. The number of carbonyl (C=O) groups excluding carboxylic acids is 3. The largest absolute Gasteiger partial charge is 0.466 e. The molecule has 0 saturated heterocycles. The average Bonchev–Trinajstić information content (AvgIpc) is 2.40. The number of carbonyl (C=O) groups is 3. The first-order chi connectivity index (χ1) is 8.61. The second-order valence-corrected chi connectivity index (χ2v) is 4.03. The van der Waals surface area contributed by atoms with Gasteiger partial charge in [-0.3, -0.25) is 9.59 Å². The van der Waals surface area contributed by atoms with E-state index in [4.69, 9.17) is 0 Å². The Morgan fingerprint density at radius 2 is 2.06 bits per heavy atom. The van der Waals surface area contributed by atoms with Crippen LogP contribution >= 0.6 is 0 Å². The molecule has 1 aromatic carbocycles. The number of benzene rings is 1. The fraction of sp³-hybridized carbons (Fsp3) is 0.214. The van der Waals surface area contributed by atoms with Gasteiger partial charge in [-0.15, -0.1) is 0 Å². The molecule has 0 aliphatic heterocycles. The van der Waals surface area contributed by atoms with Gasteiger partial charge >= 0.3 is 5.97 Å². The van der Waals surface area contributed by atoms with Crippen LogP contribution in [-0.4, -0.2) is 24.6 Å². The van der Waals surface area contributed by atoms with Crippen molar-refractivity contribution in [3.8, 4) is 0 Å². The number of methoxy groups -OCH3 is 1. The van der Waals surface area contributed by atoms with Crippen molar-refractivity contribution in [2.75, 3.05) is 7.11 Å². The Bertz CT molecular complexity index is 555. The monoisotopic (exact) mass is 244 g/mol. The van der Waals surface area contributed by atoms with Gasteiger partial charge < -0.3 is 4.74 Å². The zero-order chi connectivity index (χ0) is 13.1. The highest BCUT2D eigenvalue weighted by atomic mass is 16.5. The number of rotatable bonds is 2. The Hall–Kier alpha value is -2.23. The van der Waals surface area contributed by atoms with E-state index in [-0.39, 0.29) is 12.2 Å². The van der Waals surface area contributed by atoms with E-state index >= 15 is 0 Å². The topological polar surface area (TPSA) is 60.4 Å². The van der Waals surface area contributed by atoms with Gasteiger partial charge in [0, 0.05) is 18.1 Å². The first-order valence-corrected chi connectivity index (χ1v) is 5.58. The summed E-state index contributed by atoms with van der Waals surface area (Å²) < 4.78 is 4.49. The summed E-state index contributed by atoms with van der Waals surface area (Å²) in [4.78, 5) is 33.8. The lowest BCUT2D eigenvalue weighted by Crippen LogP contribution is -2.22. The van der Waals surface area contributed by atoms with Crippen LogP contribution in [0.3, 0.4) is 0 Å². The smallest absolute Gasteiger partial charge is 0.330 e. The number of fused-ring (bicyclic) bond motifs is 1. The lowest BCUT2D eigenvalue weighted by atomic mass is 9.88. The van der Waals surface area contributed by atoms with Crippen molar-refractivity contribution in [2.24, 2.45) is 0 Å². The highest BCUT2D eigenvalue weighted by Crippen LogP contribution is 2.21. The Morgan fingerprint density at radius 1 is 1.28 bits per heavy atom. The molecule has 0 atom stereocenters. The van der Waals surface area contributed by atoms with Crippen LogP contribution in [0.25, 0.3) is 6.08 Å². The normalized spacial score (nSPS) is 14.7. The number of hydrogen-bond donors (Lipinski definition) is 0. The van der Waals surface area contributed by atoms with E-state index < -0.39 is 11.8 Å². The van der Waals surface area contributed by atoms with Gasteiger partial charge in [-0.1, -0.05) is 18.2 Å². The zero-order valence-corrected chi connectivity index (χ0v) is 9.93. The predicted molar refractivity (Wildman–Crippen MR) is 65.2 cm³/mol. The number of esters is 1. The Labute approximate surface area is 104 Å². The van der Waals surface area contributed by atoms with Gasteiger partial charge in [0.05, 0.1) is 7.11 Å². The van der Waals surface area contributed by atoms with E-state index in [1.54, 1.807) is 18.2 Å². The minimum absolute atomic E-state index is 0.260. The second kappa shape index (κ2) is 4.96. The van der Waals surface area contributed by atoms with Gasteiger partial charge in [-0.2, -0.15) is 0 Å². The SMILES string of the molecule is COC(=O)/C=C/c1ccc2c(c1)CCC(=O)C2=O. The Balaban J connectivity index is 2.28. The minimum atomic E-state index is -0.432. The van der Waals surface area contributed by atoms with Crippen molar-refractivity contribution < 1.29 is 19.1 Å². The third-order valence-corrected chi connectivity index (χ3v) is 2.86. The summed E-state index contributed by atoms with van der Waals surface area (Å²) >= 11 is 0. The van der Waals surface area contributed by atoms with Gasteiger partial charge in [0.25, 0.3) is 0 Å². The number of Topliss-reactive ketones (excluding diaryl/α,β-unsaturated/α-hetero) is 2. The molecule has 0 aromatic heterocycles. The molecule has 1 aliphatic rings. The van der Waals surface area contributed by atoms with Crippen molar-refractivity contribution in [1.29, 1.82) is 0 Å². The maximum atomic E-state index is 11.6. The standard InChI is InChI=1S/C14H12O4/c1-18-13(16)7-3-9-2-5-11-10(8-9)4-6-12(15)14(11)17/h2-3,5,7-8H,4,6H2,1H3/b7-3+. The maximum Gasteiger partial charge on any atom is 0.330 e. The number of ether oxygens (including phenoxy) is 1. The molecule has 4 heteroatoms. The molecule has 4 nitrogen and oxygen atoms in total. The van der Waals surface area contributed by atoms with E-state index in [1.165, 1.54) is 13.2 Å². The van der Waals surface area contributed by atoms with E-state index in [0.717, 1.165) is 11.1 Å². The summed E-state index contributed by atoms with van der Waals surface area (Å²) in [5, 5.41) is 0. The van der Waals surface area contributed by atoms with Gasteiger partial charge in [0.2, 0.25) is 11.6 Å². The van der Waals surface area contributed by atoms with E-state index in [9.17, 15) is 14.4 Å². The first-order valence-electron chi connectivity index (χ1n) is 5.58. The van der Waals surface area contributed by atoms with Crippen LogP contribution in [0.1, 0.15) is 27.9 Å². The number of hydrogen-bond acceptors (Lipinski definition) is 4. The molecule has 0 amide bonds. The Kier molecular flexibility index (Phi) is 3.37. The predicted octanol–water partition coefficient (Wildman–Crippen LogP) is 1.57. The molecular weight excluding hydrogens is 232 g/mol. The molecule has 0 unspecified atom stereocenters. The third kappa shape index (κ3) is 2.37. The fourth-order valence-corrected chi connectivity index (χ4v) is 1.89. The van der Waals surface area contributed by atoms with Crippen LogP contribution in [0.2, 0.25) is 0 Å². The third-order valence-electron chi connectivity index (χ3n) is 2.86. The number of aryl methyl sites for hydroxylation is 1. The Morgan fingerprint density at radius 3 is 2.78 bits per heavy atom. The minimum Gasteiger partial charge on any atom is -0.466 e. The first kappa shape index (κ1) is 12.2. The summed E-state index contributed by atoms with van der Waals surface area (Å²) in [6.45, 7) is 0. The fourth-order valence-electron chi connectivity index (χ4n) is 1.89. The molecule has 0 heterocycles. The molecular formula is C14H12O4. The maximum absolute atomic E-state index is 11.6. The van der Waals surface area contributed by atoms with Crippen LogP contribution in [0, 0.1) is 0 Å². The van der Waals surface area contributed by atoms with Crippen molar-refractivity contribution >= 4 is 23.6 Å². The summed E-state index contributed by atoms with van der Waals surface area (Å²) in [6, 6.07) is 5.15. The van der Waals surface area contributed by atoms with E-state index in [2.05, 4.69) is 4.74 Å². The van der Waals surface area contributed by atoms with E-state index in [1.807, 2.05) is 6.07 Å². The molecule has 0 radical (unpaired) electrons. The van der Waals surface area contributed by atoms with Gasteiger partial charge in [0.15, 0.2) is 0 Å². The van der Waals surface area contributed by atoms with Crippen LogP contribution in [0.15, 0.2) is 24.3 Å². The van der Waals surface area contributed by atoms with Crippen LogP contribution in [0.5, 0.6) is 0 Å².